The first kappa shape index (κ1) is 17.7. The fraction of sp³-hybridized carbons (Fsp3) is 0.300. The molecule has 0 aromatic heterocycles. The van der Waals surface area contributed by atoms with Crippen molar-refractivity contribution in [2.75, 3.05) is 18.4 Å². The number of carbonyl (C=O) groups excluding carboxylic acids is 2. The largest absolute Gasteiger partial charge is 0.342 e. The molecule has 1 saturated heterocycles. The number of halogens is 1. The highest BCUT2D eigenvalue weighted by molar-refractivity contribution is 9.10. The third-order valence-electron chi connectivity index (χ3n) is 4.53. The molecule has 0 bridgehead atoms. The smallest absolute Gasteiger partial charge is 0.227 e. The number of piperidine rings is 1. The van der Waals surface area contributed by atoms with Crippen molar-refractivity contribution in [2.24, 2.45) is 5.92 Å². The Hall–Kier alpha value is -2.14. The predicted molar refractivity (Wildman–Crippen MR) is 102 cm³/mol. The monoisotopic (exact) mass is 400 g/mol. The molecule has 0 spiro atoms. The lowest BCUT2D eigenvalue weighted by Crippen LogP contribution is -2.42. The van der Waals surface area contributed by atoms with E-state index in [0.717, 1.165) is 15.7 Å². The number of nitrogens with zero attached hydrogens (tertiary/aromatic N) is 1. The lowest BCUT2D eigenvalue weighted by molar-refractivity contribution is -0.133. The van der Waals surface area contributed by atoms with E-state index in [1.807, 2.05) is 59.5 Å². The number of anilines is 1. The summed E-state index contributed by atoms with van der Waals surface area (Å²) in [5, 5.41) is 2.96. The molecule has 130 valence electrons. The maximum atomic E-state index is 12.4. The van der Waals surface area contributed by atoms with Crippen LogP contribution in [0.3, 0.4) is 0 Å². The van der Waals surface area contributed by atoms with E-state index in [2.05, 4.69) is 21.2 Å². The van der Waals surface area contributed by atoms with Gasteiger partial charge in [-0.15, -0.1) is 0 Å². The van der Waals surface area contributed by atoms with Crippen LogP contribution in [0.1, 0.15) is 18.4 Å². The molecule has 25 heavy (non-hydrogen) atoms. The summed E-state index contributed by atoms with van der Waals surface area (Å²) >= 11 is 3.38. The van der Waals surface area contributed by atoms with E-state index in [-0.39, 0.29) is 17.7 Å². The summed E-state index contributed by atoms with van der Waals surface area (Å²) in [7, 11) is 0. The van der Waals surface area contributed by atoms with Gasteiger partial charge in [0, 0.05) is 29.2 Å². The van der Waals surface area contributed by atoms with Crippen molar-refractivity contribution >= 4 is 33.4 Å². The second-order valence-electron chi connectivity index (χ2n) is 6.31. The first-order valence-electron chi connectivity index (χ1n) is 8.50. The van der Waals surface area contributed by atoms with Crippen molar-refractivity contribution in [1.82, 2.24) is 4.90 Å². The second kappa shape index (κ2) is 8.30. The van der Waals surface area contributed by atoms with E-state index < -0.39 is 0 Å². The Morgan fingerprint density at radius 3 is 2.28 bits per heavy atom. The number of hydrogen-bond acceptors (Lipinski definition) is 2. The Morgan fingerprint density at radius 1 is 1.00 bits per heavy atom. The molecule has 1 aliphatic heterocycles. The van der Waals surface area contributed by atoms with Crippen LogP contribution in [0, 0.1) is 5.92 Å². The molecule has 2 amide bonds. The van der Waals surface area contributed by atoms with Crippen molar-refractivity contribution in [3.05, 3.63) is 64.6 Å². The second-order valence-corrected chi connectivity index (χ2v) is 7.23. The van der Waals surface area contributed by atoms with Gasteiger partial charge in [-0.2, -0.15) is 0 Å². The van der Waals surface area contributed by atoms with Crippen LogP contribution in [0.25, 0.3) is 0 Å². The average Bonchev–Trinajstić information content (AvgIpc) is 2.64. The van der Waals surface area contributed by atoms with Crippen molar-refractivity contribution in [1.29, 1.82) is 0 Å². The van der Waals surface area contributed by atoms with E-state index in [9.17, 15) is 9.59 Å². The van der Waals surface area contributed by atoms with Crippen LogP contribution >= 0.6 is 15.9 Å². The van der Waals surface area contributed by atoms with Crippen molar-refractivity contribution in [2.45, 2.75) is 19.3 Å². The molecule has 1 aliphatic rings. The number of likely N-dealkylation sites (tertiary alicyclic amines) is 1. The number of carbonyl (C=O) groups is 2. The van der Waals surface area contributed by atoms with Crippen molar-refractivity contribution in [3.8, 4) is 0 Å². The van der Waals surface area contributed by atoms with Crippen LogP contribution in [0.5, 0.6) is 0 Å². The predicted octanol–water partition coefficient (Wildman–Crippen LogP) is 3.87. The molecule has 0 radical (unpaired) electrons. The van der Waals surface area contributed by atoms with Gasteiger partial charge in [0.15, 0.2) is 0 Å². The summed E-state index contributed by atoms with van der Waals surface area (Å²) in [4.78, 5) is 26.7. The summed E-state index contributed by atoms with van der Waals surface area (Å²) < 4.78 is 0.982. The SMILES string of the molecule is O=C(Nc1ccc(Br)cc1)C1CCN(C(=O)Cc2ccccc2)CC1. The molecule has 0 saturated carbocycles. The van der Waals surface area contributed by atoms with E-state index in [4.69, 9.17) is 0 Å². The summed E-state index contributed by atoms with van der Waals surface area (Å²) in [6.07, 6.45) is 1.85. The van der Waals surface area contributed by atoms with E-state index in [0.29, 0.717) is 32.4 Å². The van der Waals surface area contributed by atoms with Gasteiger partial charge >= 0.3 is 0 Å². The number of hydrogen-bond donors (Lipinski definition) is 1. The lowest BCUT2D eigenvalue weighted by atomic mass is 9.95. The van der Waals surface area contributed by atoms with E-state index in [1.54, 1.807) is 0 Å². The Bertz CT molecular complexity index is 723. The fourth-order valence-corrected chi connectivity index (χ4v) is 3.32. The van der Waals surface area contributed by atoms with E-state index in [1.165, 1.54) is 0 Å². The van der Waals surface area contributed by atoms with Crippen LogP contribution < -0.4 is 5.32 Å². The molecule has 2 aromatic carbocycles. The molecule has 0 unspecified atom stereocenters. The summed E-state index contributed by atoms with van der Waals surface area (Å²) in [5.41, 5.74) is 1.83. The van der Waals surface area contributed by atoms with Gasteiger partial charge in [-0.3, -0.25) is 9.59 Å². The molecule has 0 atom stereocenters. The van der Waals surface area contributed by atoms with Crippen LogP contribution in [0.15, 0.2) is 59.1 Å². The molecule has 1 fully saturated rings. The van der Waals surface area contributed by atoms with Gasteiger partial charge in [0.2, 0.25) is 11.8 Å². The van der Waals surface area contributed by atoms with Crippen molar-refractivity contribution < 1.29 is 9.59 Å². The molecular formula is C20H21BrN2O2. The highest BCUT2D eigenvalue weighted by Crippen LogP contribution is 2.21. The molecule has 3 rings (SSSR count). The van der Waals surface area contributed by atoms with Gasteiger partial charge in [-0.1, -0.05) is 46.3 Å². The Balaban J connectivity index is 1.48. The molecule has 2 aromatic rings. The zero-order valence-electron chi connectivity index (χ0n) is 14.0. The quantitative estimate of drug-likeness (QED) is 0.846. The third-order valence-corrected chi connectivity index (χ3v) is 5.06. The zero-order valence-corrected chi connectivity index (χ0v) is 15.5. The molecule has 0 aliphatic carbocycles. The van der Waals surface area contributed by atoms with Gasteiger partial charge in [0.05, 0.1) is 6.42 Å². The third kappa shape index (κ3) is 4.92. The van der Waals surface area contributed by atoms with Gasteiger partial charge in [-0.25, -0.2) is 0 Å². The maximum Gasteiger partial charge on any atom is 0.227 e. The Labute approximate surface area is 156 Å². The number of nitrogens with one attached hydrogen (secondary N) is 1. The van der Waals surface area contributed by atoms with Gasteiger partial charge in [0.25, 0.3) is 0 Å². The normalized spacial score (nSPS) is 15.0. The van der Waals surface area contributed by atoms with Gasteiger partial charge < -0.3 is 10.2 Å². The minimum absolute atomic E-state index is 0.0376. The topological polar surface area (TPSA) is 49.4 Å². The van der Waals surface area contributed by atoms with Crippen LogP contribution in [0.2, 0.25) is 0 Å². The first-order chi connectivity index (χ1) is 12.1. The van der Waals surface area contributed by atoms with Gasteiger partial charge in [-0.05, 0) is 42.7 Å². The standard InChI is InChI=1S/C20H21BrN2O2/c21-17-6-8-18(9-7-17)22-20(25)16-10-12-23(13-11-16)19(24)14-15-4-2-1-3-5-15/h1-9,16H,10-14H2,(H,22,25). The van der Waals surface area contributed by atoms with Crippen molar-refractivity contribution in [3.63, 3.8) is 0 Å². The first-order valence-corrected chi connectivity index (χ1v) is 9.29. The number of rotatable bonds is 4. The van der Waals surface area contributed by atoms with Gasteiger partial charge in [0.1, 0.15) is 0 Å². The summed E-state index contributed by atoms with van der Waals surface area (Å²) in [6.45, 7) is 1.29. The molecule has 1 N–H and O–H groups in total. The average molecular weight is 401 g/mol. The molecular weight excluding hydrogens is 380 g/mol. The number of benzene rings is 2. The number of amides is 2. The molecule has 1 heterocycles. The van der Waals surface area contributed by atoms with E-state index >= 15 is 0 Å². The minimum atomic E-state index is -0.0376. The lowest BCUT2D eigenvalue weighted by Gasteiger charge is -2.31. The fourth-order valence-electron chi connectivity index (χ4n) is 3.05. The summed E-state index contributed by atoms with van der Waals surface area (Å²) in [6, 6.07) is 17.3. The highest BCUT2D eigenvalue weighted by Gasteiger charge is 2.27. The zero-order chi connectivity index (χ0) is 17.6. The van der Waals surface area contributed by atoms with Crippen LogP contribution in [-0.2, 0) is 16.0 Å². The minimum Gasteiger partial charge on any atom is -0.342 e. The summed E-state index contributed by atoms with van der Waals surface area (Å²) in [5.74, 6) is 0.139. The maximum absolute atomic E-state index is 12.4. The molecule has 4 nitrogen and oxygen atoms in total. The Morgan fingerprint density at radius 2 is 1.64 bits per heavy atom. The Kier molecular flexibility index (Phi) is 5.87. The highest BCUT2D eigenvalue weighted by atomic mass is 79.9. The van der Waals surface area contributed by atoms with Crippen LogP contribution in [0.4, 0.5) is 5.69 Å². The molecule has 5 heteroatoms. The van der Waals surface area contributed by atoms with Crippen LogP contribution in [-0.4, -0.2) is 29.8 Å².